The molecular weight excluding hydrogens is 214 g/mol. The molecule has 0 atom stereocenters. The van der Waals surface area contributed by atoms with Crippen molar-refractivity contribution in [3.63, 3.8) is 0 Å². The van der Waals surface area contributed by atoms with Crippen molar-refractivity contribution in [2.24, 2.45) is 5.41 Å². The van der Waals surface area contributed by atoms with Gasteiger partial charge in [0.05, 0.1) is 6.42 Å². The molecule has 0 aromatic rings. The van der Waals surface area contributed by atoms with Gasteiger partial charge in [0.1, 0.15) is 5.60 Å². The number of hydrogen-bond acceptors (Lipinski definition) is 3. The Bertz CT molecular complexity index is 246. The van der Waals surface area contributed by atoms with Crippen LogP contribution in [0, 0.1) is 5.41 Å². The predicted octanol–water partition coefficient (Wildman–Crippen LogP) is 2.89. The van der Waals surface area contributed by atoms with Crippen molar-refractivity contribution >= 4 is 5.97 Å². The highest BCUT2D eigenvalue weighted by atomic mass is 16.6. The largest absolute Gasteiger partial charge is 0.460 e. The summed E-state index contributed by atoms with van der Waals surface area (Å²) in [6.45, 7) is 9.74. The van der Waals surface area contributed by atoms with Gasteiger partial charge in [0.2, 0.25) is 0 Å². The third-order valence-electron chi connectivity index (χ3n) is 3.59. The zero-order valence-corrected chi connectivity index (χ0v) is 11.8. The summed E-state index contributed by atoms with van der Waals surface area (Å²) in [6.07, 6.45) is 5.75. The molecule has 0 radical (unpaired) electrons. The quantitative estimate of drug-likeness (QED) is 0.574. The molecule has 1 aliphatic carbocycles. The van der Waals surface area contributed by atoms with Gasteiger partial charge in [-0.25, -0.2) is 0 Å². The molecule has 0 bridgehead atoms. The highest BCUT2D eigenvalue weighted by Crippen LogP contribution is 2.42. The maximum absolute atomic E-state index is 11.5. The summed E-state index contributed by atoms with van der Waals surface area (Å²) in [6, 6.07) is 0. The fourth-order valence-electron chi connectivity index (χ4n) is 2.27. The Morgan fingerprint density at radius 1 is 1.35 bits per heavy atom. The summed E-state index contributed by atoms with van der Waals surface area (Å²) in [4.78, 5) is 11.5. The standard InChI is InChI=1S/C14H27NO2/c1-5-14(8-6-9-14)11-15-10-7-12(16)17-13(2,3)4/h15H,5-11H2,1-4H3. The van der Waals surface area contributed by atoms with Crippen LogP contribution in [0.2, 0.25) is 0 Å². The number of esters is 1. The SMILES string of the molecule is CCC1(CNCCC(=O)OC(C)(C)C)CCC1. The summed E-state index contributed by atoms with van der Waals surface area (Å²) in [5.74, 6) is -0.107. The van der Waals surface area contributed by atoms with Crippen LogP contribution in [0.1, 0.15) is 59.8 Å². The van der Waals surface area contributed by atoms with Crippen LogP contribution in [-0.2, 0) is 9.53 Å². The lowest BCUT2D eigenvalue weighted by atomic mass is 9.67. The molecule has 0 spiro atoms. The van der Waals surface area contributed by atoms with E-state index in [4.69, 9.17) is 4.74 Å². The van der Waals surface area contributed by atoms with Crippen LogP contribution in [0.15, 0.2) is 0 Å². The Morgan fingerprint density at radius 2 is 2.00 bits per heavy atom. The average Bonchev–Trinajstić information content (AvgIpc) is 2.13. The second kappa shape index (κ2) is 5.85. The molecule has 0 aliphatic heterocycles. The van der Waals surface area contributed by atoms with Crippen LogP contribution in [0.4, 0.5) is 0 Å². The molecular formula is C14H27NO2. The van der Waals surface area contributed by atoms with E-state index in [1.54, 1.807) is 0 Å². The van der Waals surface area contributed by atoms with E-state index in [0.717, 1.165) is 13.1 Å². The molecule has 3 heteroatoms. The lowest BCUT2D eigenvalue weighted by Gasteiger charge is -2.41. The third-order valence-corrected chi connectivity index (χ3v) is 3.59. The number of hydrogen-bond donors (Lipinski definition) is 1. The van der Waals surface area contributed by atoms with Crippen molar-refractivity contribution < 1.29 is 9.53 Å². The summed E-state index contributed by atoms with van der Waals surface area (Å²) >= 11 is 0. The van der Waals surface area contributed by atoms with Crippen LogP contribution in [-0.4, -0.2) is 24.7 Å². The third kappa shape index (κ3) is 5.07. The Kier molecular flexibility index (Phi) is 4.99. The molecule has 0 amide bonds. The van der Waals surface area contributed by atoms with Crippen LogP contribution in [0.5, 0.6) is 0 Å². The molecule has 3 nitrogen and oxygen atoms in total. The Hall–Kier alpha value is -0.570. The highest BCUT2D eigenvalue weighted by molar-refractivity contribution is 5.70. The van der Waals surface area contributed by atoms with Crippen molar-refractivity contribution in [2.45, 2.75) is 65.4 Å². The van der Waals surface area contributed by atoms with Crippen molar-refractivity contribution in [1.29, 1.82) is 0 Å². The summed E-state index contributed by atoms with van der Waals surface area (Å²) in [7, 11) is 0. The monoisotopic (exact) mass is 241 g/mol. The van der Waals surface area contributed by atoms with E-state index in [2.05, 4.69) is 12.2 Å². The molecule has 1 aliphatic rings. The van der Waals surface area contributed by atoms with Gasteiger partial charge in [-0.05, 0) is 45.4 Å². The van der Waals surface area contributed by atoms with Crippen molar-refractivity contribution in [1.82, 2.24) is 5.32 Å². The minimum absolute atomic E-state index is 0.107. The van der Waals surface area contributed by atoms with Gasteiger partial charge in [-0.1, -0.05) is 13.3 Å². The first-order chi connectivity index (χ1) is 7.87. The van der Waals surface area contributed by atoms with Gasteiger partial charge in [-0.15, -0.1) is 0 Å². The maximum Gasteiger partial charge on any atom is 0.307 e. The molecule has 1 fully saturated rings. The molecule has 0 aromatic heterocycles. The first kappa shape index (κ1) is 14.5. The van der Waals surface area contributed by atoms with E-state index in [1.165, 1.54) is 25.7 Å². The van der Waals surface area contributed by atoms with Gasteiger partial charge in [-0.2, -0.15) is 0 Å². The lowest BCUT2D eigenvalue weighted by molar-refractivity contribution is -0.154. The highest BCUT2D eigenvalue weighted by Gasteiger charge is 2.34. The van der Waals surface area contributed by atoms with Crippen molar-refractivity contribution in [3.8, 4) is 0 Å². The zero-order chi connectivity index (χ0) is 12.9. The molecule has 17 heavy (non-hydrogen) atoms. The number of nitrogens with one attached hydrogen (secondary N) is 1. The number of carbonyl (C=O) groups excluding carboxylic acids is 1. The number of rotatable bonds is 6. The van der Waals surface area contributed by atoms with Crippen molar-refractivity contribution in [3.05, 3.63) is 0 Å². The van der Waals surface area contributed by atoms with E-state index in [-0.39, 0.29) is 11.6 Å². The smallest absolute Gasteiger partial charge is 0.307 e. The minimum Gasteiger partial charge on any atom is -0.460 e. The fraction of sp³-hybridized carbons (Fsp3) is 0.929. The molecule has 0 saturated heterocycles. The lowest BCUT2D eigenvalue weighted by Crippen LogP contribution is -2.40. The summed E-state index contributed by atoms with van der Waals surface area (Å²) in [5, 5.41) is 3.39. The molecule has 0 unspecified atom stereocenters. The van der Waals surface area contributed by atoms with E-state index >= 15 is 0 Å². The first-order valence-electron chi connectivity index (χ1n) is 6.79. The first-order valence-corrected chi connectivity index (χ1v) is 6.79. The second-order valence-electron chi connectivity index (χ2n) is 6.22. The topological polar surface area (TPSA) is 38.3 Å². The average molecular weight is 241 g/mol. The molecule has 1 rings (SSSR count). The minimum atomic E-state index is -0.365. The van der Waals surface area contributed by atoms with Gasteiger partial charge >= 0.3 is 5.97 Å². The van der Waals surface area contributed by atoms with Crippen LogP contribution < -0.4 is 5.32 Å². The molecule has 1 N–H and O–H groups in total. The van der Waals surface area contributed by atoms with E-state index < -0.39 is 0 Å². The Balaban J connectivity index is 2.10. The fourth-order valence-corrected chi connectivity index (χ4v) is 2.27. The number of carbonyl (C=O) groups is 1. The van der Waals surface area contributed by atoms with E-state index in [1.807, 2.05) is 20.8 Å². The summed E-state index contributed by atoms with van der Waals surface area (Å²) < 4.78 is 5.26. The van der Waals surface area contributed by atoms with Crippen molar-refractivity contribution in [2.75, 3.05) is 13.1 Å². The molecule has 100 valence electrons. The van der Waals surface area contributed by atoms with Gasteiger partial charge < -0.3 is 10.1 Å². The zero-order valence-electron chi connectivity index (χ0n) is 11.8. The van der Waals surface area contributed by atoms with Crippen LogP contribution in [0.3, 0.4) is 0 Å². The van der Waals surface area contributed by atoms with Gasteiger partial charge in [0.25, 0.3) is 0 Å². The molecule has 1 saturated carbocycles. The predicted molar refractivity (Wildman–Crippen MR) is 69.9 cm³/mol. The number of ether oxygens (including phenoxy) is 1. The Labute approximate surface area is 105 Å². The van der Waals surface area contributed by atoms with Crippen LogP contribution >= 0.6 is 0 Å². The van der Waals surface area contributed by atoms with Crippen LogP contribution in [0.25, 0.3) is 0 Å². The van der Waals surface area contributed by atoms with E-state index in [0.29, 0.717) is 11.8 Å². The van der Waals surface area contributed by atoms with Gasteiger partial charge in [-0.3, -0.25) is 4.79 Å². The second-order valence-corrected chi connectivity index (χ2v) is 6.22. The maximum atomic E-state index is 11.5. The Morgan fingerprint density at radius 3 is 2.41 bits per heavy atom. The van der Waals surface area contributed by atoms with Gasteiger partial charge in [0, 0.05) is 13.1 Å². The molecule has 0 aromatic carbocycles. The normalized spacial score (nSPS) is 18.6. The van der Waals surface area contributed by atoms with E-state index in [9.17, 15) is 4.79 Å². The summed E-state index contributed by atoms with van der Waals surface area (Å²) in [5.41, 5.74) is 0.156. The van der Waals surface area contributed by atoms with Gasteiger partial charge in [0.15, 0.2) is 0 Å². The molecule has 0 heterocycles.